The highest BCUT2D eigenvalue weighted by molar-refractivity contribution is 6.37. The Morgan fingerprint density at radius 3 is 2.38 bits per heavy atom. The van der Waals surface area contributed by atoms with Gasteiger partial charge in [-0.05, 0) is 86.4 Å². The highest BCUT2D eigenvalue weighted by Gasteiger charge is 2.29. The number of hydrogen-bond donors (Lipinski definition) is 3. The van der Waals surface area contributed by atoms with Crippen molar-refractivity contribution in [3.05, 3.63) is 125 Å². The fourth-order valence-corrected chi connectivity index (χ4v) is 5.67. The number of carbonyl (C=O) groups is 2. The van der Waals surface area contributed by atoms with E-state index >= 15 is 0 Å². The summed E-state index contributed by atoms with van der Waals surface area (Å²) in [4.78, 5) is 33.4. The van der Waals surface area contributed by atoms with Crippen molar-refractivity contribution in [1.29, 1.82) is 0 Å². The largest absolute Gasteiger partial charge is 0.354 e. The highest BCUT2D eigenvalue weighted by Crippen LogP contribution is 2.38. The second kappa shape index (κ2) is 12.4. The average Bonchev–Trinajstić information content (AvgIpc) is 3.36. The van der Waals surface area contributed by atoms with Crippen LogP contribution in [0.1, 0.15) is 64.8 Å². The van der Waals surface area contributed by atoms with Gasteiger partial charge in [0, 0.05) is 47.0 Å². The molecule has 3 heterocycles. The summed E-state index contributed by atoms with van der Waals surface area (Å²) in [5.74, 6) is -0.420. The molecular formula is C35H35N5O2. The summed E-state index contributed by atoms with van der Waals surface area (Å²) < 4.78 is 0. The van der Waals surface area contributed by atoms with E-state index in [1.54, 1.807) is 30.6 Å². The normalized spacial score (nSPS) is 16.7. The number of likely N-dealkylation sites (tertiary alicyclic amines) is 1. The van der Waals surface area contributed by atoms with Gasteiger partial charge in [-0.2, -0.15) is 0 Å². The monoisotopic (exact) mass is 557 g/mol. The summed E-state index contributed by atoms with van der Waals surface area (Å²) in [5.41, 5.74) is 6.99. The van der Waals surface area contributed by atoms with Crippen LogP contribution in [0.4, 0.5) is 11.4 Å². The Balaban J connectivity index is 1.30. The number of nitrogens with zero attached hydrogens (tertiary/aromatic N) is 2. The van der Waals surface area contributed by atoms with Gasteiger partial charge >= 0.3 is 0 Å². The molecule has 0 bridgehead atoms. The summed E-state index contributed by atoms with van der Waals surface area (Å²) >= 11 is 0. The lowest BCUT2D eigenvalue weighted by atomic mass is 9.98. The van der Waals surface area contributed by atoms with Crippen molar-refractivity contribution in [2.24, 2.45) is 0 Å². The molecule has 0 unspecified atom stereocenters. The smallest absolute Gasteiger partial charge is 0.258 e. The van der Waals surface area contributed by atoms with E-state index in [2.05, 4.69) is 50.1 Å². The maximum atomic E-state index is 13.4. The standard InChI is InChI=1S/C35H35N5O2/c1-24(26-8-4-2-5-9-26)37-34(41)28-12-15-31-30(22-28)32(35(42)39-31)33(27-16-18-36-19-17-27)38-29-13-10-25(11-14-29)23-40-20-6-3-7-21-40/h2,4-5,8-19,22,24,38H,3,6-7,20-21,23H2,1H3,(H,37,41)(H,39,42)/b33-32-/t24-/m1/s1. The quantitative estimate of drug-likeness (QED) is 0.216. The Morgan fingerprint density at radius 1 is 0.905 bits per heavy atom. The Morgan fingerprint density at radius 2 is 1.64 bits per heavy atom. The third-order valence-corrected chi connectivity index (χ3v) is 7.97. The molecule has 1 fully saturated rings. The number of fused-ring (bicyclic) bond motifs is 1. The van der Waals surface area contributed by atoms with Crippen molar-refractivity contribution in [2.45, 2.75) is 38.8 Å². The van der Waals surface area contributed by atoms with Crippen LogP contribution in [0.25, 0.3) is 11.3 Å². The molecule has 7 nitrogen and oxygen atoms in total. The van der Waals surface area contributed by atoms with E-state index in [4.69, 9.17) is 0 Å². The van der Waals surface area contributed by atoms with Crippen LogP contribution in [-0.4, -0.2) is 34.8 Å². The summed E-state index contributed by atoms with van der Waals surface area (Å²) in [7, 11) is 0. The van der Waals surface area contributed by atoms with E-state index in [1.165, 1.54) is 24.8 Å². The molecule has 1 atom stereocenters. The molecule has 7 heteroatoms. The van der Waals surface area contributed by atoms with E-state index in [-0.39, 0.29) is 17.9 Å². The van der Waals surface area contributed by atoms with Gasteiger partial charge in [-0.15, -0.1) is 0 Å². The van der Waals surface area contributed by atoms with Crippen LogP contribution >= 0.6 is 0 Å². The number of aromatic nitrogens is 1. The van der Waals surface area contributed by atoms with Crippen LogP contribution in [0, 0.1) is 0 Å². The topological polar surface area (TPSA) is 86.4 Å². The molecule has 6 rings (SSSR count). The third kappa shape index (κ3) is 6.11. The van der Waals surface area contributed by atoms with E-state index in [1.807, 2.05) is 49.4 Å². The third-order valence-electron chi connectivity index (χ3n) is 7.97. The summed E-state index contributed by atoms with van der Waals surface area (Å²) in [6.07, 6.45) is 7.27. The van der Waals surface area contributed by atoms with Gasteiger partial charge in [-0.1, -0.05) is 48.9 Å². The first-order valence-electron chi connectivity index (χ1n) is 14.6. The van der Waals surface area contributed by atoms with Crippen molar-refractivity contribution < 1.29 is 9.59 Å². The molecule has 1 saturated heterocycles. The van der Waals surface area contributed by atoms with Gasteiger partial charge in [0.2, 0.25) is 0 Å². The molecule has 1 aromatic heterocycles. The minimum absolute atomic E-state index is 0.159. The van der Waals surface area contributed by atoms with Crippen molar-refractivity contribution in [2.75, 3.05) is 23.7 Å². The Kier molecular flexibility index (Phi) is 8.10. The van der Waals surface area contributed by atoms with Gasteiger partial charge in [0.05, 0.1) is 17.3 Å². The average molecular weight is 558 g/mol. The highest BCUT2D eigenvalue weighted by atomic mass is 16.2. The van der Waals surface area contributed by atoms with Crippen LogP contribution in [-0.2, 0) is 11.3 Å². The Labute approximate surface area is 246 Å². The minimum atomic E-state index is -0.221. The fraction of sp³-hybridized carbons (Fsp3) is 0.229. The number of amides is 2. The molecule has 2 aliphatic heterocycles. The maximum absolute atomic E-state index is 13.4. The lowest BCUT2D eigenvalue weighted by molar-refractivity contribution is -0.110. The van der Waals surface area contributed by atoms with Crippen molar-refractivity contribution in [3.8, 4) is 0 Å². The number of pyridine rings is 1. The lowest BCUT2D eigenvalue weighted by Crippen LogP contribution is -2.29. The molecule has 0 saturated carbocycles. The van der Waals surface area contributed by atoms with Gasteiger partial charge in [0.25, 0.3) is 11.8 Å². The van der Waals surface area contributed by atoms with E-state index < -0.39 is 0 Å². The SMILES string of the molecule is C[C@@H](NC(=O)c1ccc2c(c1)/C(=C(/Nc1ccc(CN3CCCCC3)cc1)c1ccncc1)C(=O)N2)c1ccccc1. The van der Waals surface area contributed by atoms with Gasteiger partial charge in [0.15, 0.2) is 0 Å². The van der Waals surface area contributed by atoms with Gasteiger partial charge in [0.1, 0.15) is 0 Å². The maximum Gasteiger partial charge on any atom is 0.258 e. The van der Waals surface area contributed by atoms with Crippen LogP contribution in [0.15, 0.2) is 97.3 Å². The molecule has 42 heavy (non-hydrogen) atoms. The van der Waals surface area contributed by atoms with Crippen LogP contribution in [0.2, 0.25) is 0 Å². The summed E-state index contributed by atoms with van der Waals surface area (Å²) in [5, 5.41) is 9.58. The molecule has 3 aromatic carbocycles. The zero-order valence-electron chi connectivity index (χ0n) is 23.8. The fourth-order valence-electron chi connectivity index (χ4n) is 5.67. The predicted octanol–water partition coefficient (Wildman–Crippen LogP) is 6.49. The van der Waals surface area contributed by atoms with E-state index in [9.17, 15) is 9.59 Å². The Hall–Kier alpha value is -4.75. The van der Waals surface area contributed by atoms with Crippen LogP contribution < -0.4 is 16.0 Å². The number of nitrogens with one attached hydrogen (secondary N) is 3. The molecule has 3 N–H and O–H groups in total. The summed E-state index contributed by atoms with van der Waals surface area (Å²) in [6.45, 7) is 5.21. The first kappa shape index (κ1) is 27.4. The first-order valence-corrected chi connectivity index (χ1v) is 14.6. The second-order valence-electron chi connectivity index (χ2n) is 11.0. The van der Waals surface area contributed by atoms with Gasteiger partial charge in [-0.3, -0.25) is 19.5 Å². The molecule has 2 amide bonds. The summed E-state index contributed by atoms with van der Waals surface area (Å²) in [6, 6.07) is 27.2. The molecule has 212 valence electrons. The number of rotatable bonds is 8. The molecule has 4 aromatic rings. The number of benzene rings is 3. The van der Waals surface area contributed by atoms with Crippen LogP contribution in [0.5, 0.6) is 0 Å². The lowest BCUT2D eigenvalue weighted by Gasteiger charge is -2.26. The van der Waals surface area contributed by atoms with Crippen molar-refractivity contribution in [1.82, 2.24) is 15.2 Å². The van der Waals surface area contributed by atoms with Gasteiger partial charge < -0.3 is 16.0 Å². The molecule has 0 radical (unpaired) electrons. The number of carbonyl (C=O) groups excluding carboxylic acids is 2. The van der Waals surface area contributed by atoms with Crippen LogP contribution in [0.3, 0.4) is 0 Å². The van der Waals surface area contributed by atoms with E-state index in [0.29, 0.717) is 28.1 Å². The molecule has 2 aliphatic rings. The second-order valence-corrected chi connectivity index (χ2v) is 11.0. The Bertz CT molecular complexity index is 1590. The zero-order valence-corrected chi connectivity index (χ0v) is 23.8. The molecule has 0 aliphatic carbocycles. The van der Waals surface area contributed by atoms with Gasteiger partial charge in [-0.25, -0.2) is 0 Å². The predicted molar refractivity (Wildman–Crippen MR) is 168 cm³/mol. The molecular weight excluding hydrogens is 522 g/mol. The van der Waals surface area contributed by atoms with Crippen molar-refractivity contribution >= 4 is 34.5 Å². The molecule has 0 spiro atoms. The minimum Gasteiger partial charge on any atom is -0.354 e. The number of piperidine rings is 1. The zero-order chi connectivity index (χ0) is 28.9. The first-order chi connectivity index (χ1) is 20.5. The number of anilines is 2. The van der Waals surface area contributed by atoms with Crippen molar-refractivity contribution in [3.63, 3.8) is 0 Å². The number of hydrogen-bond acceptors (Lipinski definition) is 5. The van der Waals surface area contributed by atoms with E-state index in [0.717, 1.165) is 36.4 Å².